The molecule has 0 spiro atoms. The zero-order chi connectivity index (χ0) is 21.0. The van der Waals surface area contributed by atoms with E-state index in [9.17, 15) is 4.79 Å². The summed E-state index contributed by atoms with van der Waals surface area (Å²) < 4.78 is 13.0. The molecule has 0 bridgehead atoms. The van der Waals surface area contributed by atoms with Gasteiger partial charge < -0.3 is 14.8 Å². The molecule has 156 valence electrons. The topological polar surface area (TPSA) is 78.3 Å². The Morgan fingerprint density at radius 2 is 1.90 bits per heavy atom. The number of ether oxygens (including phenoxy) is 2. The standard InChI is InChI=1S/C23H20N4O3S/c28-23(25-12-16-2-1-3-17(10-16)13-27-15-24-14-26-27)22-7-6-21(31-22)18-4-5-19-20(11-18)30-9-8-29-19/h1-7,10-11,14-15H,8-9,12-13H2,(H,25,28). The van der Waals surface area contributed by atoms with Crippen LogP contribution in [0.2, 0.25) is 0 Å². The Hall–Kier alpha value is -3.65. The van der Waals surface area contributed by atoms with Crippen molar-refractivity contribution in [3.63, 3.8) is 0 Å². The number of rotatable bonds is 6. The average Bonchev–Trinajstić information content (AvgIpc) is 3.50. The van der Waals surface area contributed by atoms with Crippen molar-refractivity contribution in [1.82, 2.24) is 20.1 Å². The first-order valence-electron chi connectivity index (χ1n) is 9.93. The number of hydrogen-bond donors (Lipinski definition) is 1. The Labute approximate surface area is 183 Å². The average molecular weight is 433 g/mol. The lowest BCUT2D eigenvalue weighted by Crippen LogP contribution is -2.21. The summed E-state index contributed by atoms with van der Waals surface area (Å²) in [5, 5.41) is 7.14. The maximum absolute atomic E-state index is 12.7. The highest BCUT2D eigenvalue weighted by atomic mass is 32.1. The monoisotopic (exact) mass is 432 g/mol. The van der Waals surface area contributed by atoms with E-state index in [0.717, 1.165) is 33.1 Å². The number of fused-ring (bicyclic) bond motifs is 1. The zero-order valence-electron chi connectivity index (χ0n) is 16.7. The summed E-state index contributed by atoms with van der Waals surface area (Å²) in [4.78, 5) is 18.3. The first-order valence-corrected chi connectivity index (χ1v) is 10.7. The predicted octanol–water partition coefficient (Wildman–Crippen LogP) is 3.76. The van der Waals surface area contributed by atoms with Gasteiger partial charge in [-0.25, -0.2) is 9.67 Å². The Kier molecular flexibility index (Phi) is 5.37. The Morgan fingerprint density at radius 1 is 1.03 bits per heavy atom. The van der Waals surface area contributed by atoms with Gasteiger partial charge in [-0.3, -0.25) is 4.79 Å². The quantitative estimate of drug-likeness (QED) is 0.502. The van der Waals surface area contributed by atoms with Crippen molar-refractivity contribution in [3.05, 3.63) is 83.3 Å². The van der Waals surface area contributed by atoms with E-state index in [2.05, 4.69) is 21.5 Å². The first kappa shape index (κ1) is 19.3. The molecule has 2 aromatic carbocycles. The molecule has 0 aliphatic carbocycles. The van der Waals surface area contributed by atoms with Gasteiger partial charge in [-0.05, 0) is 47.0 Å². The van der Waals surface area contributed by atoms with Gasteiger partial charge in [0.1, 0.15) is 25.9 Å². The van der Waals surface area contributed by atoms with Crippen molar-refractivity contribution in [2.24, 2.45) is 0 Å². The Bertz CT molecular complexity index is 1200. The van der Waals surface area contributed by atoms with Gasteiger partial charge in [0, 0.05) is 11.4 Å². The van der Waals surface area contributed by atoms with Crippen LogP contribution in [0, 0.1) is 0 Å². The summed E-state index contributed by atoms with van der Waals surface area (Å²) in [5.41, 5.74) is 3.15. The van der Waals surface area contributed by atoms with Crippen molar-refractivity contribution in [2.45, 2.75) is 13.1 Å². The van der Waals surface area contributed by atoms with Gasteiger partial charge in [-0.2, -0.15) is 5.10 Å². The van der Waals surface area contributed by atoms with Crippen LogP contribution in [-0.2, 0) is 13.1 Å². The number of amides is 1. The smallest absolute Gasteiger partial charge is 0.261 e. The third kappa shape index (κ3) is 4.44. The molecule has 31 heavy (non-hydrogen) atoms. The van der Waals surface area contributed by atoms with Crippen LogP contribution in [0.5, 0.6) is 11.5 Å². The third-order valence-corrected chi connectivity index (χ3v) is 6.05. The van der Waals surface area contributed by atoms with E-state index in [-0.39, 0.29) is 5.91 Å². The van der Waals surface area contributed by atoms with Gasteiger partial charge in [0.15, 0.2) is 11.5 Å². The molecule has 1 amide bonds. The summed E-state index contributed by atoms with van der Waals surface area (Å²) in [6.07, 6.45) is 3.20. The number of carbonyl (C=O) groups is 1. The number of hydrogen-bond acceptors (Lipinski definition) is 6. The summed E-state index contributed by atoms with van der Waals surface area (Å²) in [6, 6.07) is 17.8. The van der Waals surface area contributed by atoms with Crippen LogP contribution in [-0.4, -0.2) is 33.9 Å². The lowest BCUT2D eigenvalue weighted by atomic mass is 10.1. The molecule has 8 heteroatoms. The van der Waals surface area contributed by atoms with Crippen molar-refractivity contribution in [2.75, 3.05) is 13.2 Å². The molecule has 2 aromatic heterocycles. The molecular formula is C23H20N4O3S. The van der Waals surface area contributed by atoms with E-state index in [4.69, 9.17) is 9.47 Å². The Morgan fingerprint density at radius 3 is 2.77 bits per heavy atom. The van der Waals surface area contributed by atoms with Crippen LogP contribution in [0.25, 0.3) is 10.4 Å². The van der Waals surface area contributed by atoms with Crippen LogP contribution in [0.15, 0.2) is 67.3 Å². The van der Waals surface area contributed by atoms with Gasteiger partial charge >= 0.3 is 0 Å². The SMILES string of the molecule is O=C(NCc1cccc(Cn2cncn2)c1)c1ccc(-c2ccc3c(c2)OCCO3)s1. The van der Waals surface area contributed by atoms with E-state index in [1.807, 2.05) is 48.5 Å². The maximum atomic E-state index is 12.7. The van der Waals surface area contributed by atoms with E-state index in [0.29, 0.717) is 31.2 Å². The van der Waals surface area contributed by atoms with Gasteiger partial charge in [-0.1, -0.05) is 24.3 Å². The fourth-order valence-corrected chi connectivity index (χ4v) is 4.34. The molecular weight excluding hydrogens is 412 g/mol. The van der Waals surface area contributed by atoms with Crippen LogP contribution in [0.1, 0.15) is 20.8 Å². The molecule has 0 radical (unpaired) electrons. The van der Waals surface area contributed by atoms with Gasteiger partial charge in [-0.15, -0.1) is 11.3 Å². The third-order valence-electron chi connectivity index (χ3n) is 4.91. The minimum atomic E-state index is -0.0875. The fourth-order valence-electron chi connectivity index (χ4n) is 3.42. The van der Waals surface area contributed by atoms with E-state index in [1.54, 1.807) is 11.0 Å². The van der Waals surface area contributed by atoms with Crippen molar-refractivity contribution in [1.29, 1.82) is 0 Å². The number of carbonyl (C=O) groups excluding carboxylic acids is 1. The van der Waals surface area contributed by atoms with Crippen LogP contribution in [0.4, 0.5) is 0 Å². The molecule has 4 aromatic rings. The van der Waals surface area contributed by atoms with Gasteiger partial charge in [0.25, 0.3) is 5.91 Å². The molecule has 0 saturated carbocycles. The van der Waals surface area contributed by atoms with Crippen molar-refractivity contribution in [3.8, 4) is 21.9 Å². The lowest BCUT2D eigenvalue weighted by Gasteiger charge is -2.18. The minimum absolute atomic E-state index is 0.0875. The fraction of sp³-hybridized carbons (Fsp3) is 0.174. The van der Waals surface area contributed by atoms with Gasteiger partial charge in [0.2, 0.25) is 0 Å². The molecule has 0 saturated heterocycles. The van der Waals surface area contributed by atoms with Gasteiger partial charge in [0.05, 0.1) is 11.4 Å². The minimum Gasteiger partial charge on any atom is -0.486 e. The zero-order valence-corrected chi connectivity index (χ0v) is 17.5. The second-order valence-corrected chi connectivity index (χ2v) is 8.20. The molecule has 0 fully saturated rings. The maximum Gasteiger partial charge on any atom is 0.261 e. The molecule has 1 aliphatic rings. The lowest BCUT2D eigenvalue weighted by molar-refractivity contribution is 0.0955. The summed E-state index contributed by atoms with van der Waals surface area (Å²) in [6.45, 7) is 2.22. The van der Waals surface area contributed by atoms with E-state index in [1.165, 1.54) is 17.7 Å². The molecule has 3 heterocycles. The normalized spacial score (nSPS) is 12.5. The predicted molar refractivity (Wildman–Crippen MR) is 117 cm³/mol. The van der Waals surface area contributed by atoms with Crippen molar-refractivity contribution < 1.29 is 14.3 Å². The molecule has 7 nitrogen and oxygen atoms in total. The number of nitrogens with zero attached hydrogens (tertiary/aromatic N) is 3. The van der Waals surface area contributed by atoms with E-state index >= 15 is 0 Å². The largest absolute Gasteiger partial charge is 0.486 e. The molecule has 5 rings (SSSR count). The number of aromatic nitrogens is 3. The molecule has 0 unspecified atom stereocenters. The number of benzene rings is 2. The summed E-state index contributed by atoms with van der Waals surface area (Å²) in [7, 11) is 0. The van der Waals surface area contributed by atoms with Crippen LogP contribution >= 0.6 is 11.3 Å². The highest BCUT2D eigenvalue weighted by Crippen LogP contribution is 2.36. The van der Waals surface area contributed by atoms with Crippen LogP contribution < -0.4 is 14.8 Å². The molecule has 0 atom stereocenters. The second kappa shape index (κ2) is 8.61. The number of thiophene rings is 1. The first-order chi connectivity index (χ1) is 15.2. The highest BCUT2D eigenvalue weighted by molar-refractivity contribution is 7.17. The van der Waals surface area contributed by atoms with E-state index < -0.39 is 0 Å². The van der Waals surface area contributed by atoms with Crippen molar-refractivity contribution >= 4 is 17.2 Å². The summed E-state index contributed by atoms with van der Waals surface area (Å²) >= 11 is 1.46. The molecule has 1 N–H and O–H groups in total. The Balaban J connectivity index is 1.23. The second-order valence-electron chi connectivity index (χ2n) is 7.12. The summed E-state index contributed by atoms with van der Waals surface area (Å²) in [5.74, 6) is 1.42. The molecule has 1 aliphatic heterocycles. The highest BCUT2D eigenvalue weighted by Gasteiger charge is 2.15. The van der Waals surface area contributed by atoms with Crippen LogP contribution in [0.3, 0.4) is 0 Å². The number of nitrogens with one attached hydrogen (secondary N) is 1.